The van der Waals surface area contributed by atoms with Crippen molar-refractivity contribution in [2.24, 2.45) is 0 Å². The number of anilines is 1. The Labute approximate surface area is 108 Å². The molecule has 0 amide bonds. The SMILES string of the molecule is Nc1ccc(O)c(CN2CCN(C3CC3)CC2)c1. The maximum absolute atomic E-state index is 9.82. The van der Waals surface area contributed by atoms with E-state index in [0.717, 1.165) is 50.0 Å². The van der Waals surface area contributed by atoms with Crippen LogP contribution in [0.1, 0.15) is 18.4 Å². The van der Waals surface area contributed by atoms with Crippen LogP contribution in [0, 0.1) is 0 Å². The zero-order valence-corrected chi connectivity index (χ0v) is 10.7. The molecule has 1 saturated heterocycles. The van der Waals surface area contributed by atoms with E-state index in [1.54, 1.807) is 12.1 Å². The number of piperazine rings is 1. The van der Waals surface area contributed by atoms with Crippen molar-refractivity contribution < 1.29 is 5.11 Å². The van der Waals surface area contributed by atoms with Gasteiger partial charge in [0.15, 0.2) is 0 Å². The van der Waals surface area contributed by atoms with Crippen molar-refractivity contribution in [3.05, 3.63) is 23.8 Å². The highest BCUT2D eigenvalue weighted by Crippen LogP contribution is 2.28. The second-order valence-electron chi connectivity index (χ2n) is 5.43. The summed E-state index contributed by atoms with van der Waals surface area (Å²) in [4.78, 5) is 4.99. The quantitative estimate of drug-likeness (QED) is 0.623. The van der Waals surface area contributed by atoms with Gasteiger partial charge in [0.05, 0.1) is 0 Å². The fourth-order valence-corrected chi connectivity index (χ4v) is 2.70. The summed E-state index contributed by atoms with van der Waals surface area (Å²) in [5.74, 6) is 0.355. The number of phenolic OH excluding ortho intramolecular Hbond substituents is 1. The van der Waals surface area contributed by atoms with E-state index in [1.807, 2.05) is 6.07 Å². The smallest absolute Gasteiger partial charge is 0.120 e. The number of hydrogen-bond donors (Lipinski definition) is 2. The third-order valence-corrected chi connectivity index (χ3v) is 3.97. The molecule has 0 unspecified atom stereocenters. The maximum Gasteiger partial charge on any atom is 0.120 e. The van der Waals surface area contributed by atoms with Crippen LogP contribution in [0.5, 0.6) is 5.75 Å². The molecule has 2 fully saturated rings. The van der Waals surface area contributed by atoms with Gasteiger partial charge in [-0.2, -0.15) is 0 Å². The van der Waals surface area contributed by atoms with Crippen LogP contribution < -0.4 is 5.73 Å². The van der Waals surface area contributed by atoms with E-state index >= 15 is 0 Å². The summed E-state index contributed by atoms with van der Waals surface area (Å²) < 4.78 is 0. The number of hydrogen-bond acceptors (Lipinski definition) is 4. The lowest BCUT2D eigenvalue weighted by atomic mass is 10.1. The van der Waals surface area contributed by atoms with Crippen molar-refractivity contribution >= 4 is 5.69 Å². The van der Waals surface area contributed by atoms with Crippen molar-refractivity contribution in [3.8, 4) is 5.75 Å². The van der Waals surface area contributed by atoms with Crippen LogP contribution in [0.25, 0.3) is 0 Å². The monoisotopic (exact) mass is 247 g/mol. The Balaban J connectivity index is 1.58. The minimum atomic E-state index is 0.355. The minimum Gasteiger partial charge on any atom is -0.508 e. The van der Waals surface area contributed by atoms with Crippen LogP contribution in [0.4, 0.5) is 5.69 Å². The van der Waals surface area contributed by atoms with Crippen molar-refractivity contribution in [1.82, 2.24) is 9.80 Å². The third-order valence-electron chi connectivity index (χ3n) is 3.97. The van der Waals surface area contributed by atoms with Gasteiger partial charge in [0.25, 0.3) is 0 Å². The molecule has 1 aliphatic carbocycles. The first-order valence-corrected chi connectivity index (χ1v) is 6.76. The van der Waals surface area contributed by atoms with Crippen LogP contribution in [0.3, 0.4) is 0 Å². The molecule has 1 aliphatic heterocycles. The second-order valence-corrected chi connectivity index (χ2v) is 5.43. The number of phenols is 1. The van der Waals surface area contributed by atoms with Crippen LogP contribution in [0.2, 0.25) is 0 Å². The number of nitrogens with zero attached hydrogens (tertiary/aromatic N) is 2. The average Bonchev–Trinajstić information content (AvgIpc) is 3.19. The highest BCUT2D eigenvalue weighted by atomic mass is 16.3. The minimum absolute atomic E-state index is 0.355. The van der Waals surface area contributed by atoms with Crippen LogP contribution in [0.15, 0.2) is 18.2 Å². The molecule has 3 N–H and O–H groups in total. The van der Waals surface area contributed by atoms with Gasteiger partial charge in [-0.1, -0.05) is 0 Å². The van der Waals surface area contributed by atoms with Gasteiger partial charge < -0.3 is 10.8 Å². The first kappa shape index (κ1) is 11.8. The lowest BCUT2D eigenvalue weighted by molar-refractivity contribution is 0.121. The Morgan fingerprint density at radius 2 is 1.89 bits per heavy atom. The van der Waals surface area contributed by atoms with E-state index in [-0.39, 0.29) is 0 Å². The van der Waals surface area contributed by atoms with Crippen LogP contribution in [-0.4, -0.2) is 47.1 Å². The number of nitrogen functional groups attached to an aromatic ring is 1. The van der Waals surface area contributed by atoms with Gasteiger partial charge in [-0.3, -0.25) is 9.80 Å². The van der Waals surface area contributed by atoms with Gasteiger partial charge >= 0.3 is 0 Å². The zero-order valence-electron chi connectivity index (χ0n) is 10.7. The summed E-state index contributed by atoms with van der Waals surface area (Å²) in [6.07, 6.45) is 2.77. The summed E-state index contributed by atoms with van der Waals surface area (Å²) in [7, 11) is 0. The van der Waals surface area contributed by atoms with Crippen LogP contribution in [-0.2, 0) is 6.54 Å². The maximum atomic E-state index is 9.82. The molecule has 18 heavy (non-hydrogen) atoms. The van der Waals surface area contributed by atoms with E-state index in [0.29, 0.717) is 5.75 Å². The van der Waals surface area contributed by atoms with Crippen molar-refractivity contribution in [2.75, 3.05) is 31.9 Å². The zero-order chi connectivity index (χ0) is 12.5. The molecule has 3 rings (SSSR count). The molecule has 0 atom stereocenters. The van der Waals surface area contributed by atoms with E-state index in [4.69, 9.17) is 5.73 Å². The van der Waals surface area contributed by atoms with Crippen molar-refractivity contribution in [2.45, 2.75) is 25.4 Å². The molecule has 4 nitrogen and oxygen atoms in total. The Morgan fingerprint density at radius 1 is 1.17 bits per heavy atom. The number of nitrogens with two attached hydrogens (primary N) is 1. The highest BCUT2D eigenvalue weighted by molar-refractivity contribution is 5.47. The average molecular weight is 247 g/mol. The van der Waals surface area contributed by atoms with Gasteiger partial charge in [-0.25, -0.2) is 0 Å². The molecule has 0 bridgehead atoms. The highest BCUT2D eigenvalue weighted by Gasteiger charge is 2.31. The standard InChI is InChI=1S/C14H21N3O/c15-12-1-4-14(18)11(9-12)10-16-5-7-17(8-6-16)13-2-3-13/h1,4,9,13,18H,2-3,5-8,10,15H2. The number of benzene rings is 1. The molecule has 1 heterocycles. The lowest BCUT2D eigenvalue weighted by Gasteiger charge is -2.34. The topological polar surface area (TPSA) is 52.7 Å². The molecule has 0 radical (unpaired) electrons. The Kier molecular flexibility index (Phi) is 3.14. The van der Waals surface area contributed by atoms with Gasteiger partial charge in [-0.05, 0) is 31.0 Å². The normalized spacial score (nSPS) is 22.2. The summed E-state index contributed by atoms with van der Waals surface area (Å²) >= 11 is 0. The second kappa shape index (κ2) is 4.78. The van der Waals surface area contributed by atoms with Gasteiger partial charge in [0, 0.05) is 50.0 Å². The fourth-order valence-electron chi connectivity index (χ4n) is 2.70. The summed E-state index contributed by atoms with van der Waals surface area (Å²) in [6, 6.07) is 6.17. The number of aromatic hydroxyl groups is 1. The third kappa shape index (κ3) is 2.60. The first-order chi connectivity index (χ1) is 8.72. The van der Waals surface area contributed by atoms with E-state index < -0.39 is 0 Å². The molecular weight excluding hydrogens is 226 g/mol. The number of rotatable bonds is 3. The van der Waals surface area contributed by atoms with Gasteiger partial charge in [0.1, 0.15) is 5.75 Å². The predicted molar refractivity (Wildman–Crippen MR) is 72.4 cm³/mol. The first-order valence-electron chi connectivity index (χ1n) is 6.76. The van der Waals surface area contributed by atoms with Crippen LogP contribution >= 0.6 is 0 Å². The Morgan fingerprint density at radius 3 is 2.56 bits per heavy atom. The summed E-state index contributed by atoms with van der Waals surface area (Å²) in [5.41, 5.74) is 7.43. The predicted octanol–water partition coefficient (Wildman–Crippen LogP) is 1.25. The Bertz CT molecular complexity index is 423. The van der Waals surface area contributed by atoms with Crippen molar-refractivity contribution in [1.29, 1.82) is 0 Å². The molecule has 1 aromatic carbocycles. The van der Waals surface area contributed by atoms with Gasteiger partial charge in [0.2, 0.25) is 0 Å². The molecular formula is C14H21N3O. The largest absolute Gasteiger partial charge is 0.508 e. The summed E-state index contributed by atoms with van der Waals surface area (Å²) in [6.45, 7) is 5.30. The molecule has 98 valence electrons. The van der Waals surface area contributed by atoms with E-state index in [9.17, 15) is 5.11 Å². The molecule has 1 saturated carbocycles. The van der Waals surface area contributed by atoms with Crippen molar-refractivity contribution in [3.63, 3.8) is 0 Å². The van der Waals surface area contributed by atoms with E-state index in [1.165, 1.54) is 12.8 Å². The summed E-state index contributed by atoms with van der Waals surface area (Å²) in [5, 5.41) is 9.82. The fraction of sp³-hybridized carbons (Fsp3) is 0.571. The molecule has 1 aromatic rings. The van der Waals surface area contributed by atoms with Gasteiger partial charge in [-0.15, -0.1) is 0 Å². The molecule has 4 heteroatoms. The Hall–Kier alpha value is -1.26. The lowest BCUT2D eigenvalue weighted by Crippen LogP contribution is -2.46. The molecule has 2 aliphatic rings. The van der Waals surface area contributed by atoms with E-state index in [2.05, 4.69) is 9.80 Å². The molecule has 0 spiro atoms. The molecule has 0 aromatic heterocycles.